The van der Waals surface area contributed by atoms with Gasteiger partial charge in [0.15, 0.2) is 5.82 Å². The summed E-state index contributed by atoms with van der Waals surface area (Å²) in [6.45, 7) is 3.56. The Labute approximate surface area is 157 Å². The van der Waals surface area contributed by atoms with E-state index in [0.717, 1.165) is 10.6 Å². The van der Waals surface area contributed by atoms with Crippen molar-refractivity contribution in [2.24, 2.45) is 0 Å². The van der Waals surface area contributed by atoms with Gasteiger partial charge in [0.25, 0.3) is 0 Å². The van der Waals surface area contributed by atoms with Crippen LogP contribution in [0.1, 0.15) is 29.5 Å². The monoisotopic (exact) mass is 395 g/mol. The van der Waals surface area contributed by atoms with Gasteiger partial charge in [0, 0.05) is 19.0 Å². The number of ether oxygens (including phenoxy) is 1. The maximum Gasteiger partial charge on any atom is 0.338 e. The summed E-state index contributed by atoms with van der Waals surface area (Å²) in [6.07, 6.45) is 0.962. The molecule has 10 heteroatoms. The Morgan fingerprint density at radius 1 is 1.26 bits per heavy atom. The molecule has 2 rings (SSSR count). The van der Waals surface area contributed by atoms with Gasteiger partial charge >= 0.3 is 5.97 Å². The average molecular weight is 395 g/mol. The molecule has 1 aromatic carbocycles. The number of carbonyl (C=O) groups excluding carboxylic acids is 2. The fraction of sp³-hybridized carbons (Fsp3) is 0.353. The number of anilines is 2. The first-order valence-corrected chi connectivity index (χ1v) is 10.0. The molecule has 0 atom stereocenters. The number of esters is 1. The topological polar surface area (TPSA) is 119 Å². The van der Waals surface area contributed by atoms with Crippen LogP contribution in [0.2, 0.25) is 0 Å². The molecule has 0 radical (unpaired) electrons. The largest absolute Gasteiger partial charge is 0.462 e. The molecule has 0 aliphatic rings. The molecule has 0 saturated heterocycles. The van der Waals surface area contributed by atoms with Gasteiger partial charge in [-0.05, 0) is 38.1 Å². The van der Waals surface area contributed by atoms with E-state index in [1.165, 1.54) is 24.3 Å². The Hall–Kier alpha value is -2.88. The summed E-state index contributed by atoms with van der Waals surface area (Å²) in [5.41, 5.74) is 0.656. The van der Waals surface area contributed by atoms with Crippen LogP contribution in [0, 0.1) is 6.92 Å². The lowest BCUT2D eigenvalue weighted by atomic mass is 10.2. The van der Waals surface area contributed by atoms with Crippen LogP contribution in [0.5, 0.6) is 0 Å². The number of rotatable bonds is 8. The van der Waals surface area contributed by atoms with Crippen LogP contribution in [-0.4, -0.2) is 44.9 Å². The molecule has 146 valence electrons. The normalized spacial score (nSPS) is 11.1. The first kappa shape index (κ1) is 20.4. The number of amides is 1. The summed E-state index contributed by atoms with van der Waals surface area (Å²) in [6, 6.07) is 7.49. The average Bonchev–Trinajstić information content (AvgIpc) is 2.99. The lowest BCUT2D eigenvalue weighted by Crippen LogP contribution is -2.33. The molecule has 0 saturated carbocycles. The van der Waals surface area contributed by atoms with Gasteiger partial charge < -0.3 is 14.6 Å². The van der Waals surface area contributed by atoms with Crippen LogP contribution in [0.15, 0.2) is 34.9 Å². The van der Waals surface area contributed by atoms with Crippen LogP contribution in [0.4, 0.5) is 11.5 Å². The molecule has 0 fully saturated rings. The predicted octanol–water partition coefficient (Wildman–Crippen LogP) is 1.95. The molecule has 1 heterocycles. The van der Waals surface area contributed by atoms with E-state index in [1.807, 2.05) is 0 Å². The maximum atomic E-state index is 12.1. The standard InChI is InChI=1S/C17H21N3O6S/c1-4-25-17(22)13-5-7-14(8-6-13)20(27(3,23)24)10-9-16(21)18-15-11-12(2)26-19-15/h5-8,11H,4,9-10H2,1-3H3,(H,18,19,21). The number of sulfonamides is 1. The van der Waals surface area contributed by atoms with E-state index in [1.54, 1.807) is 19.9 Å². The van der Waals surface area contributed by atoms with Crippen LogP contribution >= 0.6 is 0 Å². The SMILES string of the molecule is CCOC(=O)c1ccc(N(CCC(=O)Nc2cc(C)on2)S(C)(=O)=O)cc1. The molecule has 0 aliphatic carbocycles. The van der Waals surface area contributed by atoms with E-state index in [0.29, 0.717) is 17.0 Å². The van der Waals surface area contributed by atoms with Gasteiger partial charge in [0.2, 0.25) is 15.9 Å². The molecule has 27 heavy (non-hydrogen) atoms. The van der Waals surface area contributed by atoms with Gasteiger partial charge in [-0.2, -0.15) is 0 Å². The summed E-state index contributed by atoms with van der Waals surface area (Å²) in [7, 11) is -3.62. The number of aromatic nitrogens is 1. The molecule has 1 aromatic heterocycles. The fourth-order valence-corrected chi connectivity index (χ4v) is 3.23. The number of nitrogens with one attached hydrogen (secondary N) is 1. The molecule has 1 amide bonds. The van der Waals surface area contributed by atoms with Crippen LogP contribution in [0.25, 0.3) is 0 Å². The van der Waals surface area contributed by atoms with Gasteiger partial charge in [-0.15, -0.1) is 0 Å². The van der Waals surface area contributed by atoms with Crippen molar-refractivity contribution in [3.05, 3.63) is 41.7 Å². The fourth-order valence-electron chi connectivity index (χ4n) is 2.30. The molecule has 0 unspecified atom stereocenters. The smallest absolute Gasteiger partial charge is 0.338 e. The van der Waals surface area contributed by atoms with Crippen molar-refractivity contribution in [3.8, 4) is 0 Å². The van der Waals surface area contributed by atoms with Crippen molar-refractivity contribution >= 4 is 33.4 Å². The van der Waals surface area contributed by atoms with Gasteiger partial charge in [-0.3, -0.25) is 9.10 Å². The first-order valence-electron chi connectivity index (χ1n) is 8.18. The Morgan fingerprint density at radius 2 is 1.93 bits per heavy atom. The van der Waals surface area contributed by atoms with Gasteiger partial charge in [0.05, 0.1) is 24.1 Å². The van der Waals surface area contributed by atoms with E-state index in [2.05, 4.69) is 10.5 Å². The Bertz CT molecular complexity index is 905. The van der Waals surface area contributed by atoms with Crippen LogP contribution in [-0.2, 0) is 19.6 Å². The van der Waals surface area contributed by atoms with Crippen molar-refractivity contribution in [3.63, 3.8) is 0 Å². The zero-order valence-electron chi connectivity index (χ0n) is 15.3. The second kappa shape index (κ2) is 8.67. The maximum absolute atomic E-state index is 12.1. The van der Waals surface area contributed by atoms with E-state index in [9.17, 15) is 18.0 Å². The summed E-state index contributed by atoms with van der Waals surface area (Å²) >= 11 is 0. The highest BCUT2D eigenvalue weighted by atomic mass is 32.2. The van der Waals surface area contributed by atoms with Gasteiger partial charge in [-0.25, -0.2) is 13.2 Å². The number of benzene rings is 1. The van der Waals surface area contributed by atoms with E-state index >= 15 is 0 Å². The highest BCUT2D eigenvalue weighted by Gasteiger charge is 2.19. The Balaban J connectivity index is 2.07. The van der Waals surface area contributed by atoms with Crippen molar-refractivity contribution in [1.29, 1.82) is 0 Å². The quantitative estimate of drug-likeness (QED) is 0.679. The molecule has 1 N–H and O–H groups in total. The molecule has 9 nitrogen and oxygen atoms in total. The highest BCUT2D eigenvalue weighted by molar-refractivity contribution is 7.92. The third kappa shape index (κ3) is 5.81. The number of nitrogens with zero attached hydrogens (tertiary/aromatic N) is 2. The molecule has 0 aliphatic heterocycles. The van der Waals surface area contributed by atoms with Crippen molar-refractivity contribution in [2.75, 3.05) is 29.0 Å². The molecule has 0 spiro atoms. The Morgan fingerprint density at radius 3 is 2.44 bits per heavy atom. The second-order valence-corrected chi connectivity index (χ2v) is 7.63. The van der Waals surface area contributed by atoms with Crippen molar-refractivity contribution < 1.29 is 27.3 Å². The van der Waals surface area contributed by atoms with E-state index in [-0.39, 0.29) is 25.4 Å². The summed E-state index contributed by atoms with van der Waals surface area (Å²) < 4.78 is 35.0. The number of hydrogen-bond acceptors (Lipinski definition) is 7. The molecule has 2 aromatic rings. The summed E-state index contributed by atoms with van der Waals surface area (Å²) in [5, 5.41) is 6.18. The molecular weight excluding hydrogens is 374 g/mol. The number of hydrogen-bond donors (Lipinski definition) is 1. The third-order valence-corrected chi connectivity index (χ3v) is 4.70. The predicted molar refractivity (Wildman–Crippen MR) is 99.1 cm³/mol. The first-order chi connectivity index (χ1) is 12.7. The highest BCUT2D eigenvalue weighted by Crippen LogP contribution is 2.19. The van der Waals surface area contributed by atoms with Crippen molar-refractivity contribution in [1.82, 2.24) is 5.16 Å². The minimum atomic E-state index is -3.62. The van der Waals surface area contributed by atoms with Gasteiger partial charge in [-0.1, -0.05) is 5.16 Å². The van der Waals surface area contributed by atoms with Crippen LogP contribution in [0.3, 0.4) is 0 Å². The molecule has 0 bridgehead atoms. The summed E-state index contributed by atoms with van der Waals surface area (Å²) in [5.74, 6) is -0.0794. The summed E-state index contributed by atoms with van der Waals surface area (Å²) in [4.78, 5) is 23.7. The van der Waals surface area contributed by atoms with E-state index in [4.69, 9.17) is 9.26 Å². The van der Waals surface area contributed by atoms with E-state index < -0.39 is 21.9 Å². The second-order valence-electron chi connectivity index (χ2n) is 5.72. The third-order valence-electron chi connectivity index (χ3n) is 3.50. The van der Waals surface area contributed by atoms with Crippen LogP contribution < -0.4 is 9.62 Å². The Kier molecular flexibility index (Phi) is 6.56. The lowest BCUT2D eigenvalue weighted by molar-refractivity contribution is -0.116. The minimum absolute atomic E-state index is 0.0692. The minimum Gasteiger partial charge on any atom is -0.462 e. The number of aryl methyl sites for hydroxylation is 1. The zero-order valence-corrected chi connectivity index (χ0v) is 16.1. The van der Waals surface area contributed by atoms with Gasteiger partial charge in [0.1, 0.15) is 5.76 Å². The van der Waals surface area contributed by atoms with Crippen molar-refractivity contribution in [2.45, 2.75) is 20.3 Å². The molecular formula is C17H21N3O6S. The lowest BCUT2D eigenvalue weighted by Gasteiger charge is -2.22. The zero-order chi connectivity index (χ0) is 20.0. The number of carbonyl (C=O) groups is 2.